The molecule has 1 N–H and O–H groups in total. The van der Waals surface area contributed by atoms with Crippen molar-refractivity contribution in [3.05, 3.63) is 29.8 Å². The number of hydrogen-bond acceptors (Lipinski definition) is 5. The molecule has 1 saturated heterocycles. The van der Waals surface area contributed by atoms with E-state index in [2.05, 4.69) is 19.2 Å². The predicted octanol–water partition coefficient (Wildman–Crippen LogP) is 3.03. The second-order valence-corrected chi connectivity index (χ2v) is 7.95. The number of benzene rings is 1. The van der Waals surface area contributed by atoms with Crippen molar-refractivity contribution < 1.29 is 23.9 Å². The van der Waals surface area contributed by atoms with Gasteiger partial charge in [-0.2, -0.15) is 0 Å². The molecule has 30 heavy (non-hydrogen) atoms. The van der Waals surface area contributed by atoms with Crippen molar-refractivity contribution in [3.63, 3.8) is 0 Å². The summed E-state index contributed by atoms with van der Waals surface area (Å²) in [6, 6.07) is 7.82. The predicted molar refractivity (Wildman–Crippen MR) is 114 cm³/mol. The van der Waals surface area contributed by atoms with Gasteiger partial charge in [-0.1, -0.05) is 26.0 Å². The lowest BCUT2D eigenvalue weighted by Crippen LogP contribution is -2.49. The summed E-state index contributed by atoms with van der Waals surface area (Å²) >= 11 is 0. The SMILES string of the molecule is CCOC(=O)CCC(=O)N1CCC(NC(=O)C(C)Oc2ccc(C(C)C)cc2)CC1. The van der Waals surface area contributed by atoms with Crippen LogP contribution in [0.3, 0.4) is 0 Å². The van der Waals surface area contributed by atoms with Crippen molar-refractivity contribution >= 4 is 17.8 Å². The summed E-state index contributed by atoms with van der Waals surface area (Å²) in [5.74, 6) is 0.567. The number of amides is 2. The van der Waals surface area contributed by atoms with E-state index in [0.29, 0.717) is 44.2 Å². The molecule has 1 atom stereocenters. The maximum absolute atomic E-state index is 12.5. The molecule has 1 aromatic carbocycles. The minimum atomic E-state index is -0.598. The molecule has 1 heterocycles. The molecule has 2 amide bonds. The Morgan fingerprint density at radius 3 is 2.27 bits per heavy atom. The van der Waals surface area contributed by atoms with Gasteiger partial charge >= 0.3 is 5.97 Å². The highest BCUT2D eigenvalue weighted by molar-refractivity contribution is 5.82. The van der Waals surface area contributed by atoms with Crippen molar-refractivity contribution in [2.75, 3.05) is 19.7 Å². The molecule has 0 radical (unpaired) electrons. The molecule has 0 bridgehead atoms. The van der Waals surface area contributed by atoms with Crippen LogP contribution in [-0.4, -0.2) is 54.5 Å². The standard InChI is InChI=1S/C23H34N2O5/c1-5-29-22(27)11-10-21(26)25-14-12-19(13-15-25)24-23(28)17(4)30-20-8-6-18(7-9-20)16(2)3/h6-9,16-17,19H,5,10-15H2,1-4H3,(H,24,28). The summed E-state index contributed by atoms with van der Waals surface area (Å²) in [5, 5.41) is 3.02. The highest BCUT2D eigenvalue weighted by Gasteiger charge is 2.26. The van der Waals surface area contributed by atoms with E-state index in [1.807, 2.05) is 24.3 Å². The third-order valence-corrected chi connectivity index (χ3v) is 5.27. The molecule has 1 aliphatic heterocycles. The maximum atomic E-state index is 12.5. The fourth-order valence-electron chi connectivity index (χ4n) is 3.38. The largest absolute Gasteiger partial charge is 0.481 e. The van der Waals surface area contributed by atoms with Crippen molar-refractivity contribution in [2.45, 2.75) is 71.4 Å². The van der Waals surface area contributed by atoms with E-state index in [4.69, 9.17) is 9.47 Å². The van der Waals surface area contributed by atoms with E-state index in [0.717, 1.165) is 0 Å². The van der Waals surface area contributed by atoms with E-state index in [9.17, 15) is 14.4 Å². The van der Waals surface area contributed by atoms with Crippen LogP contribution >= 0.6 is 0 Å². The third-order valence-electron chi connectivity index (χ3n) is 5.27. The Bertz CT molecular complexity index is 709. The zero-order valence-corrected chi connectivity index (χ0v) is 18.5. The van der Waals surface area contributed by atoms with E-state index in [1.165, 1.54) is 5.56 Å². The van der Waals surface area contributed by atoms with Crippen molar-refractivity contribution in [1.29, 1.82) is 0 Å². The van der Waals surface area contributed by atoms with Gasteiger partial charge in [0, 0.05) is 25.6 Å². The highest BCUT2D eigenvalue weighted by atomic mass is 16.5. The Balaban J connectivity index is 1.72. The average Bonchev–Trinajstić information content (AvgIpc) is 2.73. The number of carbonyl (C=O) groups is 3. The van der Waals surface area contributed by atoms with Crippen LogP contribution in [0, 0.1) is 0 Å². The van der Waals surface area contributed by atoms with Crippen LogP contribution in [0.4, 0.5) is 0 Å². The van der Waals surface area contributed by atoms with Gasteiger partial charge in [0.1, 0.15) is 5.75 Å². The number of nitrogens with one attached hydrogen (secondary N) is 1. The molecule has 1 unspecified atom stereocenters. The first-order valence-electron chi connectivity index (χ1n) is 10.8. The summed E-state index contributed by atoms with van der Waals surface area (Å²) in [7, 11) is 0. The molecule has 1 aliphatic rings. The van der Waals surface area contributed by atoms with Gasteiger partial charge in [-0.05, 0) is 50.3 Å². The molecule has 0 spiro atoms. The minimum absolute atomic E-state index is 0.0148. The lowest BCUT2D eigenvalue weighted by molar-refractivity contribution is -0.146. The van der Waals surface area contributed by atoms with E-state index in [-0.39, 0.29) is 36.7 Å². The quantitative estimate of drug-likeness (QED) is 0.623. The smallest absolute Gasteiger partial charge is 0.306 e. The zero-order chi connectivity index (χ0) is 22.1. The van der Waals surface area contributed by atoms with Crippen LogP contribution < -0.4 is 10.1 Å². The zero-order valence-electron chi connectivity index (χ0n) is 18.5. The van der Waals surface area contributed by atoms with Crippen molar-refractivity contribution in [2.24, 2.45) is 0 Å². The van der Waals surface area contributed by atoms with Gasteiger partial charge in [0.2, 0.25) is 5.91 Å². The molecule has 1 aromatic rings. The topological polar surface area (TPSA) is 84.9 Å². The Morgan fingerprint density at radius 1 is 1.07 bits per heavy atom. The molecule has 2 rings (SSSR count). The highest BCUT2D eigenvalue weighted by Crippen LogP contribution is 2.20. The Kier molecular flexibility index (Phi) is 9.15. The van der Waals surface area contributed by atoms with E-state index < -0.39 is 6.10 Å². The molecule has 166 valence electrons. The summed E-state index contributed by atoms with van der Waals surface area (Å²) in [6.45, 7) is 9.20. The lowest BCUT2D eigenvalue weighted by atomic mass is 10.0. The molecule has 1 fully saturated rings. The normalized spacial score (nSPS) is 15.6. The van der Waals surface area contributed by atoms with Crippen LogP contribution in [0.25, 0.3) is 0 Å². The van der Waals surface area contributed by atoms with Gasteiger partial charge in [-0.3, -0.25) is 14.4 Å². The van der Waals surface area contributed by atoms with E-state index >= 15 is 0 Å². The van der Waals surface area contributed by atoms with Crippen molar-refractivity contribution in [3.8, 4) is 5.75 Å². The van der Waals surface area contributed by atoms with Gasteiger partial charge in [0.15, 0.2) is 6.10 Å². The van der Waals surface area contributed by atoms with Crippen molar-refractivity contribution in [1.82, 2.24) is 10.2 Å². The summed E-state index contributed by atoms with van der Waals surface area (Å²) in [4.78, 5) is 37.8. The number of rotatable bonds is 9. The van der Waals surface area contributed by atoms with Crippen LogP contribution in [0.15, 0.2) is 24.3 Å². The molecule has 0 aromatic heterocycles. The molecular formula is C23H34N2O5. The maximum Gasteiger partial charge on any atom is 0.306 e. The monoisotopic (exact) mass is 418 g/mol. The first-order valence-corrected chi connectivity index (χ1v) is 10.8. The third kappa shape index (κ3) is 7.35. The summed E-state index contributed by atoms with van der Waals surface area (Å²) in [5.41, 5.74) is 1.23. The number of hydrogen-bond donors (Lipinski definition) is 1. The summed E-state index contributed by atoms with van der Waals surface area (Å²) < 4.78 is 10.6. The number of likely N-dealkylation sites (tertiary alicyclic amines) is 1. The number of piperidine rings is 1. The lowest BCUT2D eigenvalue weighted by Gasteiger charge is -2.33. The second-order valence-electron chi connectivity index (χ2n) is 7.95. The molecule has 7 heteroatoms. The van der Waals surface area contributed by atoms with Crippen LogP contribution in [0.1, 0.15) is 64.9 Å². The number of esters is 1. The first kappa shape index (κ1) is 23.7. The number of nitrogens with zero attached hydrogens (tertiary/aromatic N) is 1. The first-order chi connectivity index (χ1) is 14.3. The molecule has 0 saturated carbocycles. The van der Waals surface area contributed by atoms with Crippen LogP contribution in [-0.2, 0) is 19.1 Å². The number of carbonyl (C=O) groups excluding carboxylic acids is 3. The fourth-order valence-corrected chi connectivity index (χ4v) is 3.38. The van der Waals surface area contributed by atoms with Crippen LogP contribution in [0.2, 0.25) is 0 Å². The number of ether oxygens (including phenoxy) is 2. The average molecular weight is 419 g/mol. The molecular weight excluding hydrogens is 384 g/mol. The Hall–Kier alpha value is -2.57. The van der Waals surface area contributed by atoms with Gasteiger partial charge in [-0.25, -0.2) is 0 Å². The molecule has 0 aliphatic carbocycles. The van der Waals surface area contributed by atoms with Gasteiger partial charge in [-0.15, -0.1) is 0 Å². The van der Waals surface area contributed by atoms with Gasteiger partial charge in [0.05, 0.1) is 13.0 Å². The van der Waals surface area contributed by atoms with Gasteiger partial charge < -0.3 is 19.7 Å². The summed E-state index contributed by atoms with van der Waals surface area (Å²) in [6.07, 6.45) is 1.05. The molecule has 7 nitrogen and oxygen atoms in total. The minimum Gasteiger partial charge on any atom is -0.481 e. The Morgan fingerprint density at radius 2 is 1.70 bits per heavy atom. The van der Waals surface area contributed by atoms with Gasteiger partial charge in [0.25, 0.3) is 5.91 Å². The second kappa shape index (κ2) is 11.6. The fraction of sp³-hybridized carbons (Fsp3) is 0.609. The van der Waals surface area contributed by atoms with E-state index in [1.54, 1.807) is 18.7 Å². The Labute approximate surface area is 179 Å². The van der Waals surface area contributed by atoms with Crippen LogP contribution in [0.5, 0.6) is 5.75 Å².